The minimum absolute atomic E-state index is 0.0655. The molecule has 1 amide bonds. The number of fused-ring (bicyclic) bond motifs is 1. The summed E-state index contributed by atoms with van der Waals surface area (Å²) < 4.78 is 49.4. The third-order valence-corrected chi connectivity index (χ3v) is 9.98. The number of carbonyl (C=O) groups is 1. The Balaban J connectivity index is 1.71. The van der Waals surface area contributed by atoms with Gasteiger partial charge >= 0.3 is 0 Å². The molecule has 0 saturated carbocycles. The molecule has 2 aromatic carbocycles. The highest BCUT2D eigenvalue weighted by atomic mass is 35.5. The first-order valence-electron chi connectivity index (χ1n) is 9.33. The van der Waals surface area contributed by atoms with Crippen LogP contribution >= 0.6 is 11.6 Å². The summed E-state index contributed by atoms with van der Waals surface area (Å²) in [5.74, 6) is -0.889. The molecule has 29 heavy (non-hydrogen) atoms. The van der Waals surface area contributed by atoms with E-state index in [2.05, 4.69) is 0 Å². The zero-order chi connectivity index (χ0) is 20.8. The summed E-state index contributed by atoms with van der Waals surface area (Å²) in [7, 11) is -7.23. The van der Waals surface area contributed by atoms with Gasteiger partial charge in [0.05, 0.1) is 32.2 Å². The Morgan fingerprint density at radius 3 is 2.62 bits per heavy atom. The number of rotatable bonds is 3. The molecule has 2 aromatic rings. The summed E-state index contributed by atoms with van der Waals surface area (Å²) >= 11 is 6.25. The maximum absolute atomic E-state index is 13.2. The Kier molecular flexibility index (Phi) is 5.21. The van der Waals surface area contributed by atoms with Gasteiger partial charge in [0.15, 0.2) is 19.7 Å². The fourth-order valence-electron chi connectivity index (χ4n) is 3.93. The van der Waals surface area contributed by atoms with Crippen LogP contribution in [0.25, 0.3) is 0 Å². The Morgan fingerprint density at radius 2 is 1.90 bits per heavy atom. The second-order valence-electron chi connectivity index (χ2n) is 7.40. The molecule has 0 aromatic heterocycles. The second-order valence-corrected chi connectivity index (χ2v) is 12.3. The fourth-order valence-corrected chi connectivity index (χ4v) is 8.52. The van der Waals surface area contributed by atoms with Crippen LogP contribution in [0.5, 0.6) is 0 Å². The summed E-state index contributed by atoms with van der Waals surface area (Å²) in [4.78, 5) is 14.8. The third kappa shape index (κ3) is 3.81. The maximum atomic E-state index is 13.2. The number of benzene rings is 2. The lowest BCUT2D eigenvalue weighted by atomic mass is 10.0. The largest absolute Gasteiger partial charge is 0.308 e. The molecule has 1 unspecified atom stereocenters. The number of anilines is 1. The van der Waals surface area contributed by atoms with E-state index in [1.807, 2.05) is 24.3 Å². The van der Waals surface area contributed by atoms with Crippen LogP contribution in [-0.4, -0.2) is 46.0 Å². The van der Waals surface area contributed by atoms with Crippen molar-refractivity contribution in [3.63, 3.8) is 0 Å². The van der Waals surface area contributed by atoms with Crippen molar-refractivity contribution in [1.82, 2.24) is 0 Å². The Hall–Kier alpha value is -1.90. The van der Waals surface area contributed by atoms with E-state index in [-0.39, 0.29) is 39.3 Å². The van der Waals surface area contributed by atoms with Crippen LogP contribution in [0, 0.1) is 0 Å². The average molecular weight is 454 g/mol. The first kappa shape index (κ1) is 20.4. The van der Waals surface area contributed by atoms with Crippen molar-refractivity contribution >= 4 is 42.9 Å². The van der Waals surface area contributed by atoms with Gasteiger partial charge in [-0.05, 0) is 49.1 Å². The number of para-hydroxylation sites is 1. The molecule has 2 aliphatic rings. The molecule has 1 atom stereocenters. The standard InChI is InChI=1S/C20H20ClNO5S2/c21-18-8-7-15(29(26,27)16-9-11-28(24,25)13-16)12-17(18)20(23)22-10-3-5-14-4-1-2-6-19(14)22/h1-2,4,6-8,12,16H,3,5,9-11,13H2. The molecule has 0 N–H and O–H groups in total. The first-order valence-corrected chi connectivity index (χ1v) is 13.1. The second kappa shape index (κ2) is 7.41. The quantitative estimate of drug-likeness (QED) is 0.712. The topological polar surface area (TPSA) is 88.6 Å². The molecular formula is C20H20ClNO5S2. The number of sulfone groups is 2. The Morgan fingerprint density at radius 1 is 1.14 bits per heavy atom. The highest BCUT2D eigenvalue weighted by molar-refractivity contribution is 7.96. The molecule has 6 nitrogen and oxygen atoms in total. The van der Waals surface area contributed by atoms with Gasteiger partial charge < -0.3 is 4.90 Å². The molecule has 154 valence electrons. The van der Waals surface area contributed by atoms with Crippen LogP contribution < -0.4 is 4.90 Å². The first-order chi connectivity index (χ1) is 13.7. The lowest BCUT2D eigenvalue weighted by Gasteiger charge is -2.30. The normalized spacial score (nSPS) is 21.0. The summed E-state index contributed by atoms with van der Waals surface area (Å²) in [6.07, 6.45) is 1.74. The third-order valence-electron chi connectivity index (χ3n) is 5.48. The molecule has 9 heteroatoms. The van der Waals surface area contributed by atoms with E-state index in [0.717, 1.165) is 24.1 Å². The van der Waals surface area contributed by atoms with Gasteiger partial charge in [0.1, 0.15) is 0 Å². The summed E-state index contributed by atoms with van der Waals surface area (Å²) in [6, 6.07) is 11.6. The Bertz CT molecular complexity index is 1190. The van der Waals surface area contributed by atoms with Crippen LogP contribution in [-0.2, 0) is 26.1 Å². The van der Waals surface area contributed by atoms with E-state index < -0.39 is 24.9 Å². The maximum Gasteiger partial charge on any atom is 0.259 e. The van der Waals surface area contributed by atoms with Gasteiger partial charge in [0.2, 0.25) is 0 Å². The zero-order valence-corrected chi connectivity index (χ0v) is 17.9. The van der Waals surface area contributed by atoms with Crippen molar-refractivity contribution in [2.24, 2.45) is 0 Å². The number of amides is 1. The molecule has 0 radical (unpaired) electrons. The van der Waals surface area contributed by atoms with E-state index in [9.17, 15) is 21.6 Å². The number of carbonyl (C=O) groups excluding carboxylic acids is 1. The van der Waals surface area contributed by atoms with Crippen molar-refractivity contribution in [1.29, 1.82) is 0 Å². The number of nitrogens with zero attached hydrogens (tertiary/aromatic N) is 1. The van der Waals surface area contributed by atoms with Crippen molar-refractivity contribution in [3.8, 4) is 0 Å². The molecular weight excluding hydrogens is 434 g/mol. The number of halogens is 1. The van der Waals surface area contributed by atoms with Gasteiger partial charge in [-0.25, -0.2) is 16.8 Å². The molecule has 1 saturated heterocycles. The number of hydrogen-bond donors (Lipinski definition) is 0. The highest BCUT2D eigenvalue weighted by Crippen LogP contribution is 2.32. The predicted molar refractivity (Wildman–Crippen MR) is 112 cm³/mol. The molecule has 0 aliphatic carbocycles. The summed E-state index contributed by atoms with van der Waals surface area (Å²) in [5.41, 5.74) is 1.96. The van der Waals surface area contributed by atoms with Crippen molar-refractivity contribution in [3.05, 3.63) is 58.6 Å². The SMILES string of the molecule is O=C(c1cc(S(=O)(=O)C2CCS(=O)(=O)C2)ccc1Cl)N1CCCc2ccccc21. The van der Waals surface area contributed by atoms with Crippen molar-refractivity contribution < 1.29 is 21.6 Å². The summed E-state index contributed by atoms with van der Waals surface area (Å²) in [6.45, 7) is 0.518. The zero-order valence-electron chi connectivity index (χ0n) is 15.5. The number of hydrogen-bond acceptors (Lipinski definition) is 5. The highest BCUT2D eigenvalue weighted by Gasteiger charge is 2.38. The van der Waals surface area contributed by atoms with Gasteiger partial charge in [0, 0.05) is 12.2 Å². The lowest BCUT2D eigenvalue weighted by molar-refractivity contribution is 0.0985. The van der Waals surface area contributed by atoms with Crippen LogP contribution in [0.15, 0.2) is 47.4 Å². The minimum Gasteiger partial charge on any atom is -0.308 e. The van der Waals surface area contributed by atoms with E-state index >= 15 is 0 Å². The average Bonchev–Trinajstić information content (AvgIpc) is 3.08. The molecule has 2 aliphatic heterocycles. The molecule has 0 spiro atoms. The molecule has 1 fully saturated rings. The van der Waals surface area contributed by atoms with Crippen LogP contribution in [0.4, 0.5) is 5.69 Å². The summed E-state index contributed by atoms with van der Waals surface area (Å²) in [5, 5.41) is -0.830. The van der Waals surface area contributed by atoms with E-state index in [4.69, 9.17) is 11.6 Å². The van der Waals surface area contributed by atoms with Gasteiger partial charge in [-0.2, -0.15) is 0 Å². The van der Waals surface area contributed by atoms with Crippen molar-refractivity contribution in [2.75, 3.05) is 23.0 Å². The van der Waals surface area contributed by atoms with Crippen LogP contribution in [0.1, 0.15) is 28.8 Å². The molecule has 2 heterocycles. The van der Waals surface area contributed by atoms with Gasteiger partial charge in [-0.1, -0.05) is 29.8 Å². The minimum atomic E-state index is -3.88. The van der Waals surface area contributed by atoms with Gasteiger partial charge in [-0.15, -0.1) is 0 Å². The van der Waals surface area contributed by atoms with E-state index in [1.54, 1.807) is 4.90 Å². The molecule has 4 rings (SSSR count). The Labute approximate surface area is 175 Å². The van der Waals surface area contributed by atoms with Crippen molar-refractivity contribution in [2.45, 2.75) is 29.4 Å². The lowest BCUT2D eigenvalue weighted by Crippen LogP contribution is -2.35. The van der Waals surface area contributed by atoms with Gasteiger partial charge in [-0.3, -0.25) is 4.79 Å². The predicted octanol–water partition coefficient (Wildman–Crippen LogP) is 2.89. The molecule has 0 bridgehead atoms. The van der Waals surface area contributed by atoms with E-state index in [0.29, 0.717) is 6.54 Å². The van der Waals surface area contributed by atoms with Crippen LogP contribution in [0.3, 0.4) is 0 Å². The van der Waals surface area contributed by atoms with Gasteiger partial charge in [0.25, 0.3) is 5.91 Å². The smallest absolute Gasteiger partial charge is 0.259 e. The number of aryl methyl sites for hydroxylation is 1. The monoisotopic (exact) mass is 453 g/mol. The van der Waals surface area contributed by atoms with E-state index in [1.165, 1.54) is 18.2 Å². The fraction of sp³-hybridized carbons (Fsp3) is 0.350. The van der Waals surface area contributed by atoms with Crippen LogP contribution in [0.2, 0.25) is 5.02 Å².